The van der Waals surface area contributed by atoms with Gasteiger partial charge in [-0.1, -0.05) is 24.3 Å². The van der Waals surface area contributed by atoms with Crippen molar-refractivity contribution >= 4 is 23.4 Å². The molecule has 0 radical (unpaired) electrons. The zero-order valence-corrected chi connectivity index (χ0v) is 16.6. The average molecular weight is 402 g/mol. The second-order valence-corrected chi connectivity index (χ2v) is 7.27. The van der Waals surface area contributed by atoms with Crippen LogP contribution in [0.15, 0.2) is 66.7 Å². The molecule has 0 N–H and O–H groups in total. The second kappa shape index (κ2) is 7.55. The fourth-order valence-corrected chi connectivity index (χ4v) is 3.53. The number of nitrogens with zero attached hydrogens (tertiary/aromatic N) is 2. The van der Waals surface area contributed by atoms with E-state index >= 15 is 0 Å². The van der Waals surface area contributed by atoms with Gasteiger partial charge in [0.05, 0.1) is 16.8 Å². The number of amides is 3. The molecule has 0 spiro atoms. The SMILES string of the molecule is Cc1ccccc1CN(C)C(=O)c1ccc2c(c1)C(=O)N(c1ccc(F)cc1)C2=O. The fraction of sp³-hybridized carbons (Fsp3) is 0.125. The van der Waals surface area contributed by atoms with E-state index < -0.39 is 17.6 Å². The minimum absolute atomic E-state index is 0.166. The molecule has 1 heterocycles. The van der Waals surface area contributed by atoms with E-state index in [0.717, 1.165) is 16.0 Å². The van der Waals surface area contributed by atoms with Gasteiger partial charge in [0.2, 0.25) is 0 Å². The van der Waals surface area contributed by atoms with Crippen LogP contribution < -0.4 is 4.90 Å². The lowest BCUT2D eigenvalue weighted by atomic mass is 10.0. The van der Waals surface area contributed by atoms with Gasteiger partial charge in [-0.15, -0.1) is 0 Å². The van der Waals surface area contributed by atoms with E-state index in [1.165, 1.54) is 36.4 Å². The standard InChI is InChI=1S/C24H19FN2O3/c1-15-5-3-4-6-17(15)14-26(2)22(28)16-7-12-20-21(13-16)24(30)27(23(20)29)19-10-8-18(25)9-11-19/h3-13H,14H2,1-2H3. The molecule has 0 unspecified atom stereocenters. The number of halogens is 1. The van der Waals surface area contributed by atoms with Crippen molar-refractivity contribution in [1.82, 2.24) is 4.90 Å². The molecule has 0 fully saturated rings. The summed E-state index contributed by atoms with van der Waals surface area (Å²) in [6.07, 6.45) is 0. The number of hydrogen-bond acceptors (Lipinski definition) is 3. The summed E-state index contributed by atoms with van der Waals surface area (Å²) in [5, 5.41) is 0. The molecule has 0 saturated carbocycles. The molecule has 1 aliphatic heterocycles. The third kappa shape index (κ3) is 3.37. The molecule has 0 bridgehead atoms. The summed E-state index contributed by atoms with van der Waals surface area (Å²) in [4.78, 5) is 41.0. The first-order chi connectivity index (χ1) is 14.4. The molecule has 3 aromatic carbocycles. The number of carbonyl (C=O) groups is 3. The predicted octanol–water partition coefficient (Wildman–Crippen LogP) is 4.21. The van der Waals surface area contributed by atoms with Crippen LogP contribution in [-0.2, 0) is 6.54 Å². The molecule has 0 saturated heterocycles. The Morgan fingerprint density at radius 2 is 1.60 bits per heavy atom. The van der Waals surface area contributed by atoms with Crippen molar-refractivity contribution < 1.29 is 18.8 Å². The van der Waals surface area contributed by atoms with Crippen LogP contribution in [-0.4, -0.2) is 29.7 Å². The van der Waals surface area contributed by atoms with Gasteiger partial charge in [0, 0.05) is 19.2 Å². The largest absolute Gasteiger partial charge is 0.337 e. The van der Waals surface area contributed by atoms with E-state index in [2.05, 4.69) is 0 Å². The van der Waals surface area contributed by atoms with Crippen molar-refractivity contribution in [2.45, 2.75) is 13.5 Å². The maximum Gasteiger partial charge on any atom is 0.266 e. The van der Waals surface area contributed by atoms with Crippen molar-refractivity contribution in [2.75, 3.05) is 11.9 Å². The summed E-state index contributed by atoms with van der Waals surface area (Å²) in [6.45, 7) is 2.41. The van der Waals surface area contributed by atoms with Crippen LogP contribution in [0.25, 0.3) is 0 Å². The third-order valence-corrected chi connectivity index (χ3v) is 5.23. The van der Waals surface area contributed by atoms with E-state index in [-0.39, 0.29) is 22.7 Å². The molecular weight excluding hydrogens is 383 g/mol. The number of hydrogen-bond donors (Lipinski definition) is 0. The number of aryl methyl sites for hydroxylation is 1. The summed E-state index contributed by atoms with van der Waals surface area (Å²) < 4.78 is 13.2. The summed E-state index contributed by atoms with van der Waals surface area (Å²) >= 11 is 0. The van der Waals surface area contributed by atoms with Crippen molar-refractivity contribution in [2.24, 2.45) is 0 Å². The van der Waals surface area contributed by atoms with Crippen LogP contribution in [0.2, 0.25) is 0 Å². The Kier molecular flexibility index (Phi) is 4.91. The van der Waals surface area contributed by atoms with Gasteiger partial charge in [-0.05, 0) is 60.5 Å². The van der Waals surface area contributed by atoms with E-state index in [0.29, 0.717) is 12.1 Å². The lowest BCUT2D eigenvalue weighted by Gasteiger charge is -2.19. The minimum Gasteiger partial charge on any atom is -0.337 e. The maximum absolute atomic E-state index is 13.2. The molecule has 6 heteroatoms. The Hall–Kier alpha value is -3.80. The highest BCUT2D eigenvalue weighted by molar-refractivity contribution is 6.34. The predicted molar refractivity (Wildman–Crippen MR) is 111 cm³/mol. The van der Waals surface area contributed by atoms with Crippen LogP contribution in [0, 0.1) is 12.7 Å². The van der Waals surface area contributed by atoms with E-state index in [4.69, 9.17) is 0 Å². The average Bonchev–Trinajstić information content (AvgIpc) is 2.99. The first kappa shape index (κ1) is 19.5. The smallest absolute Gasteiger partial charge is 0.266 e. The maximum atomic E-state index is 13.2. The molecular formula is C24H19FN2O3. The highest BCUT2D eigenvalue weighted by Gasteiger charge is 2.37. The lowest BCUT2D eigenvalue weighted by molar-refractivity contribution is 0.0784. The fourth-order valence-electron chi connectivity index (χ4n) is 3.53. The topological polar surface area (TPSA) is 57.7 Å². The summed E-state index contributed by atoms with van der Waals surface area (Å²) in [5.41, 5.74) is 3.12. The van der Waals surface area contributed by atoms with Gasteiger partial charge in [-0.25, -0.2) is 9.29 Å². The molecule has 4 rings (SSSR count). The Bertz CT molecular complexity index is 1170. The number of carbonyl (C=O) groups excluding carboxylic acids is 3. The van der Waals surface area contributed by atoms with Crippen LogP contribution in [0.3, 0.4) is 0 Å². The zero-order valence-electron chi connectivity index (χ0n) is 16.6. The molecule has 1 aliphatic rings. The zero-order chi connectivity index (χ0) is 21.4. The number of imide groups is 1. The molecule has 3 amide bonds. The summed E-state index contributed by atoms with van der Waals surface area (Å²) in [6, 6.07) is 17.4. The molecule has 0 aliphatic carbocycles. The Morgan fingerprint density at radius 3 is 2.30 bits per heavy atom. The van der Waals surface area contributed by atoms with Crippen molar-refractivity contribution in [3.8, 4) is 0 Å². The number of benzene rings is 3. The highest BCUT2D eigenvalue weighted by Crippen LogP contribution is 2.29. The van der Waals surface area contributed by atoms with Gasteiger partial charge in [0.25, 0.3) is 17.7 Å². The quantitative estimate of drug-likeness (QED) is 0.615. The number of fused-ring (bicyclic) bond motifs is 1. The monoisotopic (exact) mass is 402 g/mol. The Balaban J connectivity index is 1.60. The first-order valence-electron chi connectivity index (χ1n) is 9.45. The van der Waals surface area contributed by atoms with E-state index in [1.807, 2.05) is 31.2 Å². The van der Waals surface area contributed by atoms with Crippen LogP contribution in [0.1, 0.15) is 42.2 Å². The molecule has 0 atom stereocenters. The van der Waals surface area contributed by atoms with Crippen LogP contribution >= 0.6 is 0 Å². The normalized spacial score (nSPS) is 12.8. The molecule has 30 heavy (non-hydrogen) atoms. The van der Waals surface area contributed by atoms with Crippen molar-refractivity contribution in [1.29, 1.82) is 0 Å². The van der Waals surface area contributed by atoms with E-state index in [9.17, 15) is 18.8 Å². The van der Waals surface area contributed by atoms with Gasteiger partial charge in [0.1, 0.15) is 5.82 Å². The Labute approximate surface area is 173 Å². The van der Waals surface area contributed by atoms with Gasteiger partial charge < -0.3 is 4.90 Å². The molecule has 150 valence electrons. The van der Waals surface area contributed by atoms with Crippen LogP contribution in [0.4, 0.5) is 10.1 Å². The highest BCUT2D eigenvalue weighted by atomic mass is 19.1. The third-order valence-electron chi connectivity index (χ3n) is 5.23. The van der Waals surface area contributed by atoms with Crippen molar-refractivity contribution in [3.63, 3.8) is 0 Å². The van der Waals surface area contributed by atoms with Crippen LogP contribution in [0.5, 0.6) is 0 Å². The van der Waals surface area contributed by atoms with Gasteiger partial charge in [-0.2, -0.15) is 0 Å². The van der Waals surface area contributed by atoms with Gasteiger partial charge in [0.15, 0.2) is 0 Å². The van der Waals surface area contributed by atoms with Gasteiger partial charge >= 0.3 is 0 Å². The van der Waals surface area contributed by atoms with Gasteiger partial charge in [-0.3, -0.25) is 14.4 Å². The minimum atomic E-state index is -0.530. The summed E-state index contributed by atoms with van der Waals surface area (Å²) in [7, 11) is 1.69. The molecule has 5 nitrogen and oxygen atoms in total. The number of rotatable bonds is 4. The second-order valence-electron chi connectivity index (χ2n) is 7.27. The lowest BCUT2D eigenvalue weighted by Crippen LogP contribution is -2.29. The molecule has 0 aromatic heterocycles. The molecule has 3 aromatic rings. The first-order valence-corrected chi connectivity index (χ1v) is 9.45. The van der Waals surface area contributed by atoms with Crippen molar-refractivity contribution in [3.05, 3.63) is 100 Å². The Morgan fingerprint density at radius 1 is 0.933 bits per heavy atom. The number of anilines is 1. The summed E-state index contributed by atoms with van der Waals surface area (Å²) in [5.74, 6) is -1.73. The van der Waals surface area contributed by atoms with E-state index in [1.54, 1.807) is 18.0 Å².